The van der Waals surface area contributed by atoms with Gasteiger partial charge in [-0.2, -0.15) is 0 Å². The van der Waals surface area contributed by atoms with Crippen molar-refractivity contribution in [3.05, 3.63) is 29.6 Å². The Bertz CT molecular complexity index is 455. The van der Waals surface area contributed by atoms with E-state index in [1.165, 1.54) is 0 Å². The molecule has 4 heteroatoms. The highest BCUT2D eigenvalue weighted by atomic mass is 19.1. The van der Waals surface area contributed by atoms with E-state index in [0.29, 0.717) is 5.46 Å². The molecule has 1 fully saturated rings. The van der Waals surface area contributed by atoms with Gasteiger partial charge in [0.2, 0.25) is 0 Å². The number of hydrogen-bond donors (Lipinski definition) is 0. The summed E-state index contributed by atoms with van der Waals surface area (Å²) < 4.78 is 25.9. The van der Waals surface area contributed by atoms with Crippen molar-refractivity contribution in [1.82, 2.24) is 0 Å². The summed E-state index contributed by atoms with van der Waals surface area (Å²) in [5.74, 6) is -0.246. The van der Waals surface area contributed by atoms with Gasteiger partial charge in [-0.3, -0.25) is 0 Å². The van der Waals surface area contributed by atoms with Crippen LogP contribution in [0.15, 0.2) is 18.2 Å². The predicted molar refractivity (Wildman–Crippen MR) is 76.1 cm³/mol. The summed E-state index contributed by atoms with van der Waals surface area (Å²) in [4.78, 5) is 0. The van der Waals surface area contributed by atoms with E-state index < -0.39 is 18.3 Å². The Morgan fingerprint density at radius 1 is 1.11 bits per heavy atom. The Hall–Kier alpha value is -0.865. The number of benzene rings is 1. The molecule has 2 rings (SSSR count). The van der Waals surface area contributed by atoms with Crippen molar-refractivity contribution in [3.8, 4) is 0 Å². The van der Waals surface area contributed by atoms with Gasteiger partial charge in [0.25, 0.3) is 0 Å². The third kappa shape index (κ3) is 2.70. The Balaban J connectivity index is 2.25. The number of aryl methyl sites for hydroxylation is 1. The van der Waals surface area contributed by atoms with Crippen LogP contribution in [0.2, 0.25) is 0 Å². The molecular weight excluding hydrogens is 242 g/mol. The molecule has 2 nitrogen and oxygen atoms in total. The predicted octanol–water partition coefficient (Wildman–Crippen LogP) is 3.08. The summed E-state index contributed by atoms with van der Waals surface area (Å²) in [6.45, 7) is 9.96. The van der Waals surface area contributed by atoms with Crippen molar-refractivity contribution >= 4 is 12.6 Å². The fourth-order valence-electron chi connectivity index (χ4n) is 2.18. The second-order valence-corrected chi connectivity index (χ2v) is 6.19. The van der Waals surface area contributed by atoms with Gasteiger partial charge in [-0.25, -0.2) is 4.39 Å². The Morgan fingerprint density at radius 3 is 2.16 bits per heavy atom. The lowest BCUT2D eigenvalue weighted by molar-refractivity contribution is 0.00578. The molecule has 0 aliphatic carbocycles. The molecule has 1 saturated heterocycles. The molecule has 0 atom stereocenters. The van der Waals surface area contributed by atoms with Crippen LogP contribution in [0.1, 0.15) is 46.6 Å². The van der Waals surface area contributed by atoms with Gasteiger partial charge < -0.3 is 9.31 Å². The molecule has 0 amide bonds. The van der Waals surface area contributed by atoms with Crippen molar-refractivity contribution in [1.29, 1.82) is 0 Å². The van der Waals surface area contributed by atoms with E-state index in [-0.39, 0.29) is 5.82 Å². The molecule has 104 valence electrons. The standard InChI is InChI=1S/C15H22BFO2/c1-6-7-11-8-9-12(13(17)10-11)16-18-14(2,3)15(4,5)19-16/h8-10H,6-7H2,1-5H3. The zero-order chi connectivity index (χ0) is 14.3. The molecule has 0 spiro atoms. The number of hydrogen-bond acceptors (Lipinski definition) is 2. The first-order valence-electron chi connectivity index (χ1n) is 6.91. The summed E-state index contributed by atoms with van der Waals surface area (Å²) in [5, 5.41) is 0. The molecule has 0 aromatic heterocycles. The summed E-state index contributed by atoms with van der Waals surface area (Å²) >= 11 is 0. The molecule has 0 radical (unpaired) electrons. The lowest BCUT2D eigenvalue weighted by Crippen LogP contribution is -2.41. The van der Waals surface area contributed by atoms with Gasteiger partial charge >= 0.3 is 7.12 Å². The maximum atomic E-state index is 14.2. The number of rotatable bonds is 3. The van der Waals surface area contributed by atoms with Gasteiger partial charge in [-0.05, 0) is 45.7 Å². The second kappa shape index (κ2) is 4.91. The highest BCUT2D eigenvalue weighted by Crippen LogP contribution is 2.36. The summed E-state index contributed by atoms with van der Waals surface area (Å²) in [6, 6.07) is 5.32. The van der Waals surface area contributed by atoms with Crippen LogP contribution in [0, 0.1) is 5.82 Å². The molecule has 0 bridgehead atoms. The van der Waals surface area contributed by atoms with E-state index in [1.54, 1.807) is 12.1 Å². The summed E-state index contributed by atoms with van der Waals surface area (Å²) in [7, 11) is -0.624. The van der Waals surface area contributed by atoms with Crippen LogP contribution in [0.4, 0.5) is 4.39 Å². The summed E-state index contributed by atoms with van der Waals surface area (Å²) in [6.07, 6.45) is 1.90. The highest BCUT2D eigenvalue weighted by Gasteiger charge is 2.52. The average Bonchev–Trinajstić information content (AvgIpc) is 2.48. The van der Waals surface area contributed by atoms with E-state index in [4.69, 9.17) is 9.31 Å². The van der Waals surface area contributed by atoms with Crippen LogP contribution in [0.5, 0.6) is 0 Å². The fraction of sp³-hybridized carbons (Fsp3) is 0.600. The number of halogens is 1. The molecule has 19 heavy (non-hydrogen) atoms. The lowest BCUT2D eigenvalue weighted by Gasteiger charge is -2.32. The second-order valence-electron chi connectivity index (χ2n) is 6.19. The van der Waals surface area contributed by atoms with Crippen LogP contribution in [-0.2, 0) is 15.7 Å². The maximum absolute atomic E-state index is 14.2. The minimum Gasteiger partial charge on any atom is -0.399 e. The van der Waals surface area contributed by atoms with Gasteiger partial charge in [-0.1, -0.05) is 25.5 Å². The Morgan fingerprint density at radius 2 is 1.68 bits per heavy atom. The van der Waals surface area contributed by atoms with E-state index in [1.807, 2.05) is 33.8 Å². The topological polar surface area (TPSA) is 18.5 Å². The zero-order valence-corrected chi connectivity index (χ0v) is 12.4. The van der Waals surface area contributed by atoms with Crippen LogP contribution in [-0.4, -0.2) is 18.3 Å². The summed E-state index contributed by atoms with van der Waals surface area (Å²) in [5.41, 5.74) is 0.622. The SMILES string of the molecule is CCCc1ccc(B2OC(C)(C)C(C)(C)O2)c(F)c1. The van der Waals surface area contributed by atoms with Gasteiger partial charge in [0.05, 0.1) is 11.2 Å². The molecular formula is C15H22BFO2. The first kappa shape index (κ1) is 14.5. The molecule has 1 aliphatic heterocycles. The molecule has 1 aliphatic rings. The smallest absolute Gasteiger partial charge is 0.399 e. The van der Waals surface area contributed by atoms with Gasteiger partial charge in [-0.15, -0.1) is 0 Å². The Kier molecular flexibility index (Phi) is 3.76. The largest absolute Gasteiger partial charge is 0.497 e. The van der Waals surface area contributed by atoms with Gasteiger partial charge in [0.1, 0.15) is 5.82 Å². The van der Waals surface area contributed by atoms with Crippen LogP contribution >= 0.6 is 0 Å². The minimum absolute atomic E-state index is 0.246. The van der Waals surface area contributed by atoms with Gasteiger partial charge in [0, 0.05) is 5.46 Å². The van der Waals surface area contributed by atoms with E-state index in [2.05, 4.69) is 6.92 Å². The van der Waals surface area contributed by atoms with Crippen LogP contribution in [0.25, 0.3) is 0 Å². The normalized spacial score (nSPS) is 20.8. The zero-order valence-electron chi connectivity index (χ0n) is 12.4. The molecule has 0 saturated carbocycles. The first-order valence-corrected chi connectivity index (χ1v) is 6.91. The van der Waals surface area contributed by atoms with Crippen molar-refractivity contribution < 1.29 is 13.7 Å². The van der Waals surface area contributed by atoms with E-state index >= 15 is 0 Å². The Labute approximate surface area is 115 Å². The first-order chi connectivity index (χ1) is 8.77. The minimum atomic E-state index is -0.624. The molecule has 1 heterocycles. The lowest BCUT2D eigenvalue weighted by atomic mass is 9.78. The third-order valence-electron chi connectivity index (χ3n) is 4.11. The monoisotopic (exact) mass is 264 g/mol. The fourth-order valence-corrected chi connectivity index (χ4v) is 2.18. The van der Waals surface area contributed by atoms with E-state index in [9.17, 15) is 4.39 Å². The molecule has 1 aromatic carbocycles. The maximum Gasteiger partial charge on any atom is 0.497 e. The van der Waals surface area contributed by atoms with Crippen molar-refractivity contribution in [2.24, 2.45) is 0 Å². The van der Waals surface area contributed by atoms with Crippen molar-refractivity contribution in [2.75, 3.05) is 0 Å². The van der Waals surface area contributed by atoms with Crippen LogP contribution < -0.4 is 5.46 Å². The quantitative estimate of drug-likeness (QED) is 0.781. The van der Waals surface area contributed by atoms with E-state index in [0.717, 1.165) is 18.4 Å². The molecule has 0 unspecified atom stereocenters. The highest BCUT2D eigenvalue weighted by molar-refractivity contribution is 6.62. The molecule has 0 N–H and O–H groups in total. The third-order valence-corrected chi connectivity index (χ3v) is 4.11. The van der Waals surface area contributed by atoms with Gasteiger partial charge in [0.15, 0.2) is 0 Å². The average molecular weight is 264 g/mol. The molecule has 1 aromatic rings. The van der Waals surface area contributed by atoms with Crippen LogP contribution in [0.3, 0.4) is 0 Å². The van der Waals surface area contributed by atoms with Crippen molar-refractivity contribution in [3.63, 3.8) is 0 Å². The van der Waals surface area contributed by atoms with Crippen molar-refractivity contribution in [2.45, 2.75) is 58.7 Å².